The fraction of sp³-hybridized carbons (Fsp3) is 0.533. The molecule has 3 N–H and O–H groups in total. The largest absolute Gasteiger partial charge is 0.369 e. The predicted molar refractivity (Wildman–Crippen MR) is 86.2 cm³/mol. The molecule has 6 heteroatoms. The Kier molecular flexibility index (Phi) is 5.08. The average molecular weight is 311 g/mol. The number of carbonyl (C=O) groups excluding carboxylic acids is 1. The zero-order valence-corrected chi connectivity index (χ0v) is 13.4. The van der Waals surface area contributed by atoms with Gasteiger partial charge in [-0.2, -0.15) is 0 Å². The van der Waals surface area contributed by atoms with E-state index in [4.69, 9.17) is 17.4 Å². The highest BCUT2D eigenvalue weighted by Crippen LogP contribution is 2.22. The zero-order chi connectivity index (χ0) is 15.5. The van der Waals surface area contributed by atoms with Crippen molar-refractivity contribution in [1.82, 2.24) is 10.3 Å². The summed E-state index contributed by atoms with van der Waals surface area (Å²) in [5.74, 6) is 5.11. The van der Waals surface area contributed by atoms with Crippen molar-refractivity contribution in [3.63, 3.8) is 0 Å². The molecule has 1 aromatic rings. The number of amides is 1. The number of anilines is 1. The van der Waals surface area contributed by atoms with Crippen LogP contribution in [0.2, 0.25) is 5.02 Å². The molecule has 1 fully saturated rings. The Morgan fingerprint density at radius 2 is 1.81 bits per heavy atom. The predicted octanol–water partition coefficient (Wildman–Crippen LogP) is 1.48. The quantitative estimate of drug-likeness (QED) is 0.502. The minimum atomic E-state index is -0.475. The van der Waals surface area contributed by atoms with E-state index in [1.165, 1.54) is 5.69 Å². The molecule has 116 valence electrons. The summed E-state index contributed by atoms with van der Waals surface area (Å²) in [6.07, 6.45) is 0. The first-order chi connectivity index (χ1) is 9.92. The fourth-order valence-electron chi connectivity index (χ4n) is 2.64. The van der Waals surface area contributed by atoms with E-state index in [0.717, 1.165) is 31.2 Å². The number of hydrogen-bond donors (Lipinski definition) is 2. The maximum absolute atomic E-state index is 11.7. The third-order valence-corrected chi connectivity index (χ3v) is 4.18. The third kappa shape index (κ3) is 4.09. The van der Waals surface area contributed by atoms with Crippen LogP contribution in [0, 0.1) is 5.41 Å². The number of hydrazine groups is 1. The molecule has 0 unspecified atom stereocenters. The van der Waals surface area contributed by atoms with E-state index < -0.39 is 5.41 Å². The second-order valence-electron chi connectivity index (χ2n) is 6.10. The highest BCUT2D eigenvalue weighted by Gasteiger charge is 2.30. The van der Waals surface area contributed by atoms with Gasteiger partial charge in [0.2, 0.25) is 5.91 Å². The van der Waals surface area contributed by atoms with Crippen molar-refractivity contribution in [2.24, 2.45) is 11.3 Å². The van der Waals surface area contributed by atoms with Crippen molar-refractivity contribution in [3.05, 3.63) is 29.3 Å². The number of nitrogens with zero attached hydrogens (tertiary/aromatic N) is 2. The van der Waals surface area contributed by atoms with Gasteiger partial charge < -0.3 is 4.90 Å². The number of nitrogens with one attached hydrogen (secondary N) is 1. The molecule has 1 heterocycles. The Hall–Kier alpha value is -1.30. The number of piperazine rings is 1. The molecular weight excluding hydrogens is 288 g/mol. The van der Waals surface area contributed by atoms with Gasteiger partial charge in [0.25, 0.3) is 0 Å². The molecule has 0 atom stereocenters. The average Bonchev–Trinajstić information content (AvgIpc) is 2.47. The van der Waals surface area contributed by atoms with E-state index in [1.807, 2.05) is 38.1 Å². The number of nitrogens with two attached hydrogens (primary N) is 1. The molecule has 1 aromatic carbocycles. The molecule has 21 heavy (non-hydrogen) atoms. The maximum atomic E-state index is 11.7. The summed E-state index contributed by atoms with van der Waals surface area (Å²) in [6, 6.07) is 7.92. The molecule has 0 aromatic heterocycles. The topological polar surface area (TPSA) is 61.6 Å². The molecule has 1 aliphatic rings. The lowest BCUT2D eigenvalue weighted by atomic mass is 9.91. The van der Waals surface area contributed by atoms with Gasteiger partial charge in [-0.05, 0) is 38.1 Å². The van der Waals surface area contributed by atoms with Crippen LogP contribution >= 0.6 is 11.6 Å². The van der Waals surface area contributed by atoms with Crippen molar-refractivity contribution in [2.75, 3.05) is 37.6 Å². The molecule has 0 bridgehead atoms. The molecule has 0 saturated carbocycles. The van der Waals surface area contributed by atoms with Gasteiger partial charge in [-0.15, -0.1) is 0 Å². The van der Waals surface area contributed by atoms with Crippen molar-refractivity contribution < 1.29 is 4.79 Å². The maximum Gasteiger partial charge on any atom is 0.240 e. The smallest absolute Gasteiger partial charge is 0.240 e. The Balaban J connectivity index is 1.88. The summed E-state index contributed by atoms with van der Waals surface area (Å²) >= 11 is 5.91. The lowest BCUT2D eigenvalue weighted by Gasteiger charge is -2.39. The van der Waals surface area contributed by atoms with Crippen LogP contribution in [0.1, 0.15) is 13.8 Å². The van der Waals surface area contributed by atoms with Gasteiger partial charge in [-0.25, -0.2) is 5.84 Å². The van der Waals surface area contributed by atoms with Crippen LogP contribution in [0.5, 0.6) is 0 Å². The Bertz CT molecular complexity index is 481. The molecule has 1 amide bonds. The first-order valence-electron chi connectivity index (χ1n) is 7.16. The monoisotopic (exact) mass is 310 g/mol. The molecule has 1 saturated heterocycles. The Labute approximate surface area is 131 Å². The van der Waals surface area contributed by atoms with Gasteiger partial charge in [0.15, 0.2) is 0 Å². The van der Waals surface area contributed by atoms with E-state index in [0.29, 0.717) is 6.54 Å². The number of halogens is 1. The molecule has 2 rings (SSSR count). The van der Waals surface area contributed by atoms with Gasteiger partial charge in [0.05, 0.1) is 5.41 Å². The Morgan fingerprint density at radius 3 is 2.33 bits per heavy atom. The van der Waals surface area contributed by atoms with Crippen molar-refractivity contribution >= 4 is 23.2 Å². The van der Waals surface area contributed by atoms with Crippen molar-refractivity contribution in [3.8, 4) is 0 Å². The second kappa shape index (κ2) is 6.64. The van der Waals surface area contributed by atoms with Crippen LogP contribution in [0.25, 0.3) is 0 Å². The third-order valence-electron chi connectivity index (χ3n) is 3.93. The highest BCUT2D eigenvalue weighted by atomic mass is 35.5. The van der Waals surface area contributed by atoms with E-state index in [9.17, 15) is 4.79 Å². The fourth-order valence-corrected chi connectivity index (χ4v) is 2.77. The standard InChI is InChI=1S/C15H23ClN4O/c1-15(2,14(21)18-17)11-19-7-9-20(10-8-19)13-5-3-12(16)4-6-13/h3-6H,7-11,17H2,1-2H3,(H,18,21). The van der Waals surface area contributed by atoms with Gasteiger partial charge >= 0.3 is 0 Å². The van der Waals surface area contributed by atoms with Crippen LogP contribution in [-0.2, 0) is 4.79 Å². The SMILES string of the molecule is CC(C)(CN1CCN(c2ccc(Cl)cc2)CC1)C(=O)NN. The van der Waals surface area contributed by atoms with E-state index >= 15 is 0 Å². The molecule has 0 radical (unpaired) electrons. The number of carbonyl (C=O) groups is 1. The van der Waals surface area contributed by atoms with Gasteiger partial charge in [0, 0.05) is 43.4 Å². The summed E-state index contributed by atoms with van der Waals surface area (Å²) in [5, 5.41) is 0.756. The van der Waals surface area contributed by atoms with Crippen LogP contribution in [-0.4, -0.2) is 43.5 Å². The van der Waals surface area contributed by atoms with E-state index in [2.05, 4.69) is 15.2 Å². The molecule has 1 aliphatic heterocycles. The molecule has 0 aliphatic carbocycles. The highest BCUT2D eigenvalue weighted by molar-refractivity contribution is 6.30. The van der Waals surface area contributed by atoms with E-state index in [1.54, 1.807) is 0 Å². The molecule has 0 spiro atoms. The minimum absolute atomic E-state index is 0.123. The second-order valence-corrected chi connectivity index (χ2v) is 6.53. The number of rotatable bonds is 4. The Morgan fingerprint density at radius 1 is 1.24 bits per heavy atom. The van der Waals surface area contributed by atoms with E-state index in [-0.39, 0.29) is 5.91 Å². The zero-order valence-electron chi connectivity index (χ0n) is 12.6. The number of hydrogen-bond acceptors (Lipinski definition) is 4. The summed E-state index contributed by atoms with van der Waals surface area (Å²) in [5.41, 5.74) is 2.96. The summed E-state index contributed by atoms with van der Waals surface area (Å²) in [7, 11) is 0. The van der Waals surface area contributed by atoms with Crippen LogP contribution < -0.4 is 16.2 Å². The number of benzene rings is 1. The molecular formula is C15H23ClN4O. The van der Waals surface area contributed by atoms with Crippen molar-refractivity contribution in [1.29, 1.82) is 0 Å². The summed E-state index contributed by atoms with van der Waals surface area (Å²) < 4.78 is 0. The first-order valence-corrected chi connectivity index (χ1v) is 7.54. The first kappa shape index (κ1) is 16.1. The van der Waals surface area contributed by atoms with Gasteiger partial charge in [0.1, 0.15) is 0 Å². The van der Waals surface area contributed by atoms with Crippen molar-refractivity contribution in [2.45, 2.75) is 13.8 Å². The van der Waals surface area contributed by atoms with Gasteiger partial charge in [-0.3, -0.25) is 15.1 Å². The lowest BCUT2D eigenvalue weighted by molar-refractivity contribution is -0.130. The van der Waals surface area contributed by atoms with Crippen LogP contribution in [0.3, 0.4) is 0 Å². The summed E-state index contributed by atoms with van der Waals surface area (Å²) in [6.45, 7) is 8.31. The summed E-state index contributed by atoms with van der Waals surface area (Å²) in [4.78, 5) is 16.4. The van der Waals surface area contributed by atoms with Crippen LogP contribution in [0.15, 0.2) is 24.3 Å². The lowest BCUT2D eigenvalue weighted by Crippen LogP contribution is -2.52. The minimum Gasteiger partial charge on any atom is -0.369 e. The van der Waals surface area contributed by atoms with Gasteiger partial charge in [-0.1, -0.05) is 11.6 Å². The normalized spacial score (nSPS) is 16.9. The molecule has 5 nitrogen and oxygen atoms in total. The van der Waals surface area contributed by atoms with Crippen LogP contribution in [0.4, 0.5) is 5.69 Å².